The van der Waals surface area contributed by atoms with E-state index in [9.17, 15) is 35.9 Å². The molecule has 4 rings (SSSR count). The average molecular weight is 548 g/mol. The van der Waals surface area contributed by atoms with Crippen LogP contribution in [-0.2, 0) is 17.1 Å². The highest BCUT2D eigenvalue weighted by molar-refractivity contribution is 6.31. The third-order valence-electron chi connectivity index (χ3n) is 7.10. The third-order valence-corrected chi connectivity index (χ3v) is 7.45. The molecule has 0 unspecified atom stereocenters. The Morgan fingerprint density at radius 1 is 1.03 bits per heavy atom. The normalized spacial score (nSPS) is 21.2. The van der Waals surface area contributed by atoms with Gasteiger partial charge >= 0.3 is 18.4 Å². The topological polar surface area (TPSA) is 43.9 Å². The van der Waals surface area contributed by atoms with Crippen molar-refractivity contribution in [3.63, 3.8) is 0 Å². The maximum Gasteiger partial charge on any atom is 0.416 e. The van der Waals surface area contributed by atoms with Gasteiger partial charge in [-0.25, -0.2) is 4.79 Å². The Morgan fingerprint density at radius 3 is 2.19 bits per heavy atom. The van der Waals surface area contributed by atoms with Crippen LogP contribution in [0.5, 0.6) is 0 Å². The van der Waals surface area contributed by atoms with Gasteiger partial charge in [0.05, 0.1) is 29.3 Å². The number of benzene rings is 2. The van der Waals surface area contributed by atoms with E-state index in [1.54, 1.807) is 29.2 Å². The van der Waals surface area contributed by atoms with E-state index in [1.165, 1.54) is 18.9 Å². The van der Waals surface area contributed by atoms with Crippen molar-refractivity contribution in [2.75, 3.05) is 20.1 Å². The van der Waals surface area contributed by atoms with E-state index < -0.39 is 41.6 Å². The van der Waals surface area contributed by atoms with Crippen molar-refractivity contribution in [3.8, 4) is 0 Å². The molecule has 2 aliphatic rings. The van der Waals surface area contributed by atoms with Crippen LogP contribution in [-0.4, -0.2) is 52.8 Å². The lowest BCUT2D eigenvalue weighted by Gasteiger charge is -2.46. The molecule has 2 aromatic carbocycles. The molecule has 2 aliphatic heterocycles. The standard InChI is InChI=1S/C25H24ClF6N3O2/c1-14(15-11-16(24(27,28)29)13-17(12-15)25(30,31)32)33(2)23(37)35-10-9-34-20(7-8-21(34)36)22(35)18-5-3-4-6-19(18)26/h3-6,11-14,20,22H,7-10H2,1-2H3/t14-,20+,22+/m1/s1. The summed E-state index contributed by atoms with van der Waals surface area (Å²) < 4.78 is 80.3. The summed E-state index contributed by atoms with van der Waals surface area (Å²) in [5.74, 6) is -0.0421. The van der Waals surface area contributed by atoms with Gasteiger partial charge in [0.25, 0.3) is 0 Å². The number of amides is 3. The Balaban J connectivity index is 1.69. The second kappa shape index (κ2) is 9.74. The van der Waals surface area contributed by atoms with Gasteiger partial charge in [0.2, 0.25) is 5.91 Å². The number of carbonyl (C=O) groups excluding carboxylic acids is 2. The van der Waals surface area contributed by atoms with Crippen LogP contribution < -0.4 is 0 Å². The first-order valence-electron chi connectivity index (χ1n) is 11.6. The van der Waals surface area contributed by atoms with Crippen molar-refractivity contribution in [2.24, 2.45) is 0 Å². The van der Waals surface area contributed by atoms with Crippen molar-refractivity contribution in [2.45, 2.75) is 50.2 Å². The first kappa shape index (κ1) is 27.1. The number of nitrogens with zero attached hydrogens (tertiary/aromatic N) is 3. The SMILES string of the molecule is C[C@H](c1cc(C(F)(F)F)cc(C(F)(F)F)c1)N(C)C(=O)N1CCN2C(=O)CC[C@H]2[C@@H]1c1ccccc1Cl. The van der Waals surface area contributed by atoms with Crippen LogP contribution in [0.3, 0.4) is 0 Å². The van der Waals surface area contributed by atoms with Crippen LogP contribution in [0.25, 0.3) is 0 Å². The molecule has 2 heterocycles. The number of piperazine rings is 1. The molecule has 200 valence electrons. The van der Waals surface area contributed by atoms with Crippen LogP contribution in [0.2, 0.25) is 5.02 Å². The fourth-order valence-corrected chi connectivity index (χ4v) is 5.30. The number of urea groups is 1. The molecule has 12 heteroatoms. The molecule has 0 radical (unpaired) electrons. The van der Waals surface area contributed by atoms with Gasteiger partial charge in [0.15, 0.2) is 0 Å². The molecule has 37 heavy (non-hydrogen) atoms. The van der Waals surface area contributed by atoms with Crippen molar-refractivity contribution in [1.29, 1.82) is 0 Å². The molecular formula is C25H24ClF6N3O2. The molecule has 3 amide bonds. The number of fused-ring (bicyclic) bond motifs is 1. The molecule has 0 aromatic heterocycles. The second-order valence-corrected chi connectivity index (χ2v) is 9.67. The van der Waals surface area contributed by atoms with Gasteiger partial charge in [-0.1, -0.05) is 29.8 Å². The average Bonchev–Trinajstić information content (AvgIpc) is 3.22. The van der Waals surface area contributed by atoms with Gasteiger partial charge in [0, 0.05) is 31.6 Å². The van der Waals surface area contributed by atoms with Gasteiger partial charge < -0.3 is 14.7 Å². The predicted octanol–water partition coefficient (Wildman–Crippen LogP) is 6.54. The Bertz CT molecular complexity index is 1170. The summed E-state index contributed by atoms with van der Waals surface area (Å²) in [5.41, 5.74) is -2.59. The number of hydrogen-bond acceptors (Lipinski definition) is 2. The molecule has 0 bridgehead atoms. The summed E-state index contributed by atoms with van der Waals surface area (Å²) in [6, 6.07) is 5.49. The summed E-state index contributed by atoms with van der Waals surface area (Å²) in [6.07, 6.45) is -9.21. The Kier molecular flexibility index (Phi) is 7.13. The van der Waals surface area contributed by atoms with E-state index in [2.05, 4.69) is 0 Å². The number of halogens is 7. The van der Waals surface area contributed by atoms with E-state index >= 15 is 0 Å². The summed E-state index contributed by atoms with van der Waals surface area (Å²) >= 11 is 6.44. The largest absolute Gasteiger partial charge is 0.416 e. The van der Waals surface area contributed by atoms with Gasteiger partial charge in [-0.05, 0) is 48.7 Å². The highest BCUT2D eigenvalue weighted by atomic mass is 35.5. The van der Waals surface area contributed by atoms with Crippen molar-refractivity contribution in [3.05, 3.63) is 69.7 Å². The van der Waals surface area contributed by atoms with Crippen molar-refractivity contribution >= 4 is 23.5 Å². The first-order chi connectivity index (χ1) is 17.2. The zero-order valence-electron chi connectivity index (χ0n) is 19.9. The fourth-order valence-electron chi connectivity index (χ4n) is 5.05. The lowest BCUT2D eigenvalue weighted by molar-refractivity contribution is -0.143. The molecule has 0 aliphatic carbocycles. The van der Waals surface area contributed by atoms with E-state index in [1.807, 2.05) is 0 Å². The zero-order chi connectivity index (χ0) is 27.3. The van der Waals surface area contributed by atoms with Crippen LogP contribution in [0.4, 0.5) is 31.1 Å². The van der Waals surface area contributed by atoms with Gasteiger partial charge in [-0.15, -0.1) is 0 Å². The number of rotatable bonds is 3. The number of carbonyl (C=O) groups is 2. The predicted molar refractivity (Wildman–Crippen MR) is 124 cm³/mol. The highest BCUT2D eigenvalue weighted by Gasteiger charge is 2.46. The molecule has 0 saturated carbocycles. The summed E-state index contributed by atoms with van der Waals surface area (Å²) in [5, 5.41) is 0.384. The van der Waals surface area contributed by atoms with Gasteiger partial charge in [0.1, 0.15) is 0 Å². The Hall–Kier alpha value is -2.95. The monoisotopic (exact) mass is 547 g/mol. The Labute approximate surface area is 214 Å². The lowest BCUT2D eigenvalue weighted by atomic mass is 9.93. The van der Waals surface area contributed by atoms with Crippen LogP contribution in [0.15, 0.2) is 42.5 Å². The fraction of sp³-hybridized carbons (Fsp3) is 0.440. The number of alkyl halides is 6. The lowest BCUT2D eigenvalue weighted by Crippen LogP contribution is -2.57. The van der Waals surface area contributed by atoms with Crippen molar-refractivity contribution < 1.29 is 35.9 Å². The molecule has 2 saturated heterocycles. The number of hydrogen-bond donors (Lipinski definition) is 0. The second-order valence-electron chi connectivity index (χ2n) is 9.26. The van der Waals surface area contributed by atoms with E-state index in [0.717, 1.165) is 4.90 Å². The molecular weight excluding hydrogens is 524 g/mol. The Morgan fingerprint density at radius 2 is 1.62 bits per heavy atom. The maximum atomic E-state index is 13.7. The minimum atomic E-state index is -5.00. The molecule has 2 aromatic rings. The van der Waals surface area contributed by atoms with Crippen LogP contribution in [0, 0.1) is 0 Å². The smallest absolute Gasteiger partial charge is 0.335 e. The quantitative estimate of drug-likeness (QED) is 0.410. The first-order valence-corrected chi connectivity index (χ1v) is 11.9. The maximum absolute atomic E-state index is 13.7. The highest BCUT2D eigenvalue weighted by Crippen LogP contribution is 2.42. The van der Waals surface area contributed by atoms with E-state index in [4.69, 9.17) is 11.6 Å². The van der Waals surface area contributed by atoms with Crippen molar-refractivity contribution in [1.82, 2.24) is 14.7 Å². The van der Waals surface area contributed by atoms with Crippen LogP contribution in [0.1, 0.15) is 54.1 Å². The molecule has 0 N–H and O–H groups in total. The molecule has 3 atom stereocenters. The summed E-state index contributed by atoms with van der Waals surface area (Å²) in [7, 11) is 1.33. The van der Waals surface area contributed by atoms with E-state index in [-0.39, 0.29) is 36.7 Å². The summed E-state index contributed by atoms with van der Waals surface area (Å²) in [6.45, 7) is 1.76. The minimum absolute atomic E-state index is 0.0421. The van der Waals surface area contributed by atoms with E-state index in [0.29, 0.717) is 35.6 Å². The van der Waals surface area contributed by atoms with Gasteiger partial charge in [-0.3, -0.25) is 4.79 Å². The minimum Gasteiger partial charge on any atom is -0.335 e. The molecule has 5 nitrogen and oxygen atoms in total. The van der Waals surface area contributed by atoms with Gasteiger partial charge in [-0.2, -0.15) is 26.3 Å². The molecule has 2 fully saturated rings. The zero-order valence-corrected chi connectivity index (χ0v) is 20.7. The van der Waals surface area contributed by atoms with Crippen LogP contribution >= 0.6 is 11.6 Å². The summed E-state index contributed by atoms with van der Waals surface area (Å²) in [4.78, 5) is 30.4. The third kappa shape index (κ3) is 5.23. The molecule has 0 spiro atoms.